The Labute approximate surface area is 128 Å². The van der Waals surface area contributed by atoms with Gasteiger partial charge in [0.15, 0.2) is 0 Å². The largest absolute Gasteiger partial charge is 0.373 e. The summed E-state index contributed by atoms with van der Waals surface area (Å²) in [6.45, 7) is -0.985. The number of amides is 1. The van der Waals surface area contributed by atoms with Crippen LogP contribution in [0.5, 0.6) is 0 Å². The zero-order valence-corrected chi connectivity index (χ0v) is 12.3. The topological polar surface area (TPSA) is 64.3 Å². The van der Waals surface area contributed by atoms with Gasteiger partial charge in [-0.05, 0) is 17.5 Å². The Kier molecular flexibility index (Phi) is 6.51. The first-order valence-electron chi connectivity index (χ1n) is 6.56. The van der Waals surface area contributed by atoms with Gasteiger partial charge in [0.25, 0.3) is 5.92 Å². The number of fused-ring (bicyclic) bond motifs is 1. The van der Waals surface area contributed by atoms with Crippen molar-refractivity contribution in [3.8, 4) is 0 Å². The summed E-state index contributed by atoms with van der Waals surface area (Å²) in [5, 5.41) is 2.20. The SMILES string of the molecule is Cl.NCC(F)(F)CNC(=O)CC1OCCc2ccccc21. The van der Waals surface area contributed by atoms with Crippen molar-refractivity contribution in [2.45, 2.75) is 24.9 Å². The maximum Gasteiger partial charge on any atom is 0.277 e. The lowest BCUT2D eigenvalue weighted by Crippen LogP contribution is -2.42. The van der Waals surface area contributed by atoms with Crippen molar-refractivity contribution < 1.29 is 18.3 Å². The van der Waals surface area contributed by atoms with Gasteiger partial charge in [-0.25, -0.2) is 8.78 Å². The summed E-state index contributed by atoms with van der Waals surface area (Å²) in [6, 6.07) is 7.70. The van der Waals surface area contributed by atoms with Gasteiger partial charge >= 0.3 is 0 Å². The minimum Gasteiger partial charge on any atom is -0.373 e. The lowest BCUT2D eigenvalue weighted by atomic mass is 9.95. The summed E-state index contributed by atoms with van der Waals surface area (Å²) in [5.41, 5.74) is 7.01. The molecule has 7 heteroatoms. The Morgan fingerprint density at radius 1 is 1.43 bits per heavy atom. The van der Waals surface area contributed by atoms with Crippen LogP contribution in [0.1, 0.15) is 23.7 Å². The smallest absolute Gasteiger partial charge is 0.277 e. The van der Waals surface area contributed by atoms with Crippen LogP contribution < -0.4 is 11.1 Å². The minimum absolute atomic E-state index is 0. The number of nitrogens with two attached hydrogens (primary N) is 1. The molecule has 21 heavy (non-hydrogen) atoms. The van der Waals surface area contributed by atoms with Crippen LogP contribution in [0.25, 0.3) is 0 Å². The molecule has 1 atom stereocenters. The Hall–Kier alpha value is -1.24. The molecule has 0 radical (unpaired) electrons. The van der Waals surface area contributed by atoms with E-state index in [1.165, 1.54) is 0 Å². The summed E-state index contributed by atoms with van der Waals surface area (Å²) in [5.74, 6) is -3.53. The summed E-state index contributed by atoms with van der Waals surface area (Å²) in [6.07, 6.45) is 0.475. The molecule has 1 heterocycles. The van der Waals surface area contributed by atoms with Gasteiger partial charge in [0.1, 0.15) is 0 Å². The van der Waals surface area contributed by atoms with Crippen molar-refractivity contribution in [1.82, 2.24) is 5.32 Å². The van der Waals surface area contributed by atoms with Crippen molar-refractivity contribution >= 4 is 18.3 Å². The number of benzene rings is 1. The standard InChI is InChI=1S/C14H18F2N2O2.ClH/c15-14(16,8-17)9-18-13(19)7-12-11-4-2-1-3-10(11)5-6-20-12;/h1-4,12H,5-9,17H2,(H,18,19);1H. The first kappa shape index (κ1) is 17.8. The normalized spacial score (nSPS) is 17.6. The van der Waals surface area contributed by atoms with Crippen LogP contribution in [0.2, 0.25) is 0 Å². The van der Waals surface area contributed by atoms with Gasteiger partial charge in [-0.1, -0.05) is 24.3 Å². The molecule has 2 rings (SSSR count). The number of hydrogen-bond donors (Lipinski definition) is 2. The van der Waals surface area contributed by atoms with E-state index >= 15 is 0 Å². The highest BCUT2D eigenvalue weighted by molar-refractivity contribution is 5.85. The maximum absolute atomic E-state index is 13.0. The average molecular weight is 321 g/mol. The summed E-state index contributed by atoms with van der Waals surface area (Å²) >= 11 is 0. The van der Waals surface area contributed by atoms with Crippen LogP contribution >= 0.6 is 12.4 Å². The van der Waals surface area contributed by atoms with E-state index in [2.05, 4.69) is 5.32 Å². The first-order valence-corrected chi connectivity index (χ1v) is 6.56. The molecule has 3 N–H and O–H groups in total. The quantitative estimate of drug-likeness (QED) is 0.870. The van der Waals surface area contributed by atoms with Crippen LogP contribution in [0.4, 0.5) is 8.78 Å². The number of halogens is 3. The number of alkyl halides is 2. The number of carbonyl (C=O) groups is 1. The second kappa shape index (κ2) is 7.68. The molecule has 1 amide bonds. The van der Waals surface area contributed by atoms with Gasteiger partial charge in [0, 0.05) is 0 Å². The third kappa shape index (κ3) is 4.91. The molecule has 0 spiro atoms. The fourth-order valence-corrected chi connectivity index (χ4v) is 2.19. The molecular formula is C14H19ClF2N2O2. The molecule has 0 aromatic heterocycles. The molecule has 0 bridgehead atoms. The minimum atomic E-state index is -3.07. The van der Waals surface area contributed by atoms with Crippen LogP contribution in [0.15, 0.2) is 24.3 Å². The van der Waals surface area contributed by atoms with Crippen LogP contribution in [0.3, 0.4) is 0 Å². The highest BCUT2D eigenvalue weighted by atomic mass is 35.5. The molecular weight excluding hydrogens is 302 g/mol. The molecule has 1 aromatic rings. The molecule has 118 valence electrons. The fourth-order valence-electron chi connectivity index (χ4n) is 2.19. The van der Waals surface area contributed by atoms with Gasteiger partial charge in [-0.15, -0.1) is 12.4 Å². The number of nitrogens with one attached hydrogen (secondary N) is 1. The Balaban J connectivity index is 0.00000220. The number of hydrogen-bond acceptors (Lipinski definition) is 3. The number of rotatable bonds is 5. The van der Waals surface area contributed by atoms with E-state index in [9.17, 15) is 13.6 Å². The van der Waals surface area contributed by atoms with E-state index in [1.54, 1.807) is 0 Å². The van der Waals surface area contributed by atoms with Crippen molar-refractivity contribution in [2.75, 3.05) is 19.7 Å². The molecule has 0 fully saturated rings. The monoisotopic (exact) mass is 320 g/mol. The maximum atomic E-state index is 13.0. The first-order chi connectivity index (χ1) is 9.52. The van der Waals surface area contributed by atoms with Gasteiger partial charge in [-0.3, -0.25) is 4.79 Å². The van der Waals surface area contributed by atoms with Crippen molar-refractivity contribution in [3.05, 3.63) is 35.4 Å². The molecule has 1 aliphatic heterocycles. The van der Waals surface area contributed by atoms with Gasteiger partial charge in [0.05, 0.1) is 32.2 Å². The van der Waals surface area contributed by atoms with Crippen molar-refractivity contribution in [1.29, 1.82) is 0 Å². The molecule has 1 unspecified atom stereocenters. The number of ether oxygens (including phenoxy) is 1. The van der Waals surface area contributed by atoms with E-state index in [0.29, 0.717) is 6.61 Å². The van der Waals surface area contributed by atoms with Crippen LogP contribution in [0, 0.1) is 0 Å². The molecule has 1 aliphatic rings. The van der Waals surface area contributed by atoms with E-state index in [-0.39, 0.29) is 24.9 Å². The molecule has 0 saturated carbocycles. The lowest BCUT2D eigenvalue weighted by molar-refractivity contribution is -0.126. The third-order valence-electron chi connectivity index (χ3n) is 3.31. The summed E-state index contributed by atoms with van der Waals surface area (Å²) < 4.78 is 31.5. The highest BCUT2D eigenvalue weighted by Gasteiger charge is 2.28. The molecule has 0 saturated heterocycles. The average Bonchev–Trinajstić information content (AvgIpc) is 2.46. The lowest BCUT2D eigenvalue weighted by Gasteiger charge is -2.26. The van der Waals surface area contributed by atoms with E-state index in [4.69, 9.17) is 10.5 Å². The van der Waals surface area contributed by atoms with Gasteiger partial charge in [-0.2, -0.15) is 0 Å². The second-order valence-electron chi connectivity index (χ2n) is 4.85. The van der Waals surface area contributed by atoms with Crippen molar-refractivity contribution in [2.24, 2.45) is 5.73 Å². The molecule has 1 aromatic carbocycles. The zero-order chi connectivity index (χ0) is 14.6. The van der Waals surface area contributed by atoms with Crippen LogP contribution in [-0.4, -0.2) is 31.5 Å². The number of carbonyl (C=O) groups excluding carboxylic acids is 1. The third-order valence-corrected chi connectivity index (χ3v) is 3.31. The molecule has 0 aliphatic carbocycles. The van der Waals surface area contributed by atoms with E-state index < -0.39 is 24.9 Å². The zero-order valence-electron chi connectivity index (χ0n) is 11.5. The predicted molar refractivity (Wildman–Crippen MR) is 77.7 cm³/mol. The Morgan fingerprint density at radius 2 is 2.14 bits per heavy atom. The summed E-state index contributed by atoms with van der Waals surface area (Å²) in [7, 11) is 0. The Morgan fingerprint density at radius 3 is 2.86 bits per heavy atom. The summed E-state index contributed by atoms with van der Waals surface area (Å²) in [4.78, 5) is 11.7. The van der Waals surface area contributed by atoms with Gasteiger partial charge in [0.2, 0.25) is 5.91 Å². The van der Waals surface area contributed by atoms with E-state index in [0.717, 1.165) is 17.5 Å². The van der Waals surface area contributed by atoms with Crippen molar-refractivity contribution in [3.63, 3.8) is 0 Å². The molecule has 4 nitrogen and oxygen atoms in total. The Bertz CT molecular complexity index is 486. The second-order valence-corrected chi connectivity index (χ2v) is 4.85. The predicted octanol–water partition coefficient (Wildman–Crippen LogP) is 1.82. The highest BCUT2D eigenvalue weighted by Crippen LogP contribution is 2.29. The van der Waals surface area contributed by atoms with Crippen LogP contribution in [-0.2, 0) is 16.0 Å². The fraction of sp³-hybridized carbons (Fsp3) is 0.500. The van der Waals surface area contributed by atoms with Gasteiger partial charge < -0.3 is 15.8 Å². The van der Waals surface area contributed by atoms with E-state index in [1.807, 2.05) is 24.3 Å².